The Balaban J connectivity index is 2.06. The molecule has 1 amide bonds. The Labute approximate surface area is 183 Å². The fourth-order valence-corrected chi connectivity index (χ4v) is 4.11. The van der Waals surface area contributed by atoms with Crippen molar-refractivity contribution in [1.82, 2.24) is 5.32 Å². The third kappa shape index (κ3) is 6.27. The number of rotatable bonds is 10. The number of anilines is 2. The fraction of sp³-hybridized carbons (Fsp3) is 0.381. The molecule has 0 unspecified atom stereocenters. The van der Waals surface area contributed by atoms with Gasteiger partial charge in [-0.2, -0.15) is 0 Å². The van der Waals surface area contributed by atoms with Crippen molar-refractivity contribution >= 4 is 38.9 Å². The summed E-state index contributed by atoms with van der Waals surface area (Å²) in [6, 6.07) is 12.5. The van der Waals surface area contributed by atoms with E-state index in [1.807, 2.05) is 24.3 Å². The smallest absolute Gasteiger partial charge is 0.241 e. The molecule has 2 rings (SSSR count). The molecule has 0 atom stereocenters. The highest BCUT2D eigenvalue weighted by molar-refractivity contribution is 7.92. The Hall–Kier alpha value is -2.45. The van der Waals surface area contributed by atoms with Gasteiger partial charge < -0.3 is 15.0 Å². The van der Waals surface area contributed by atoms with E-state index in [-0.39, 0.29) is 11.6 Å². The zero-order valence-corrected chi connectivity index (χ0v) is 19.3. The first kappa shape index (κ1) is 23.8. The van der Waals surface area contributed by atoms with Crippen LogP contribution in [0.1, 0.15) is 19.4 Å². The summed E-state index contributed by atoms with van der Waals surface area (Å²) in [4.78, 5) is 14.7. The van der Waals surface area contributed by atoms with E-state index in [1.54, 1.807) is 12.1 Å². The lowest BCUT2D eigenvalue weighted by molar-refractivity contribution is -0.119. The highest BCUT2D eigenvalue weighted by Gasteiger charge is 2.21. The third-order valence-electron chi connectivity index (χ3n) is 4.67. The molecule has 0 fully saturated rings. The topological polar surface area (TPSA) is 79.0 Å². The average molecular weight is 454 g/mol. The molecule has 164 valence electrons. The van der Waals surface area contributed by atoms with Crippen LogP contribution in [0.25, 0.3) is 0 Å². The predicted molar refractivity (Wildman–Crippen MR) is 122 cm³/mol. The summed E-state index contributed by atoms with van der Waals surface area (Å²) < 4.78 is 30.6. The molecule has 0 aliphatic carbocycles. The van der Waals surface area contributed by atoms with Crippen LogP contribution in [0.15, 0.2) is 42.5 Å². The van der Waals surface area contributed by atoms with Gasteiger partial charge in [-0.3, -0.25) is 9.10 Å². The van der Waals surface area contributed by atoms with Crippen LogP contribution in [0.2, 0.25) is 5.02 Å². The minimum Gasteiger partial charge on any atom is -0.495 e. The molecule has 0 aliphatic rings. The lowest BCUT2D eigenvalue weighted by atomic mass is 10.2. The molecule has 0 saturated carbocycles. The predicted octanol–water partition coefficient (Wildman–Crippen LogP) is 3.28. The minimum atomic E-state index is -3.69. The van der Waals surface area contributed by atoms with E-state index in [0.717, 1.165) is 34.9 Å². The molecule has 1 N–H and O–H groups in total. The van der Waals surface area contributed by atoms with Crippen molar-refractivity contribution in [2.75, 3.05) is 42.2 Å². The first-order chi connectivity index (χ1) is 14.2. The van der Waals surface area contributed by atoms with E-state index in [4.69, 9.17) is 16.3 Å². The van der Waals surface area contributed by atoms with Gasteiger partial charge in [-0.05, 0) is 49.7 Å². The number of carbonyl (C=O) groups is 1. The van der Waals surface area contributed by atoms with Crippen LogP contribution >= 0.6 is 11.6 Å². The number of nitrogens with one attached hydrogen (secondary N) is 1. The van der Waals surface area contributed by atoms with Crippen LogP contribution in [-0.4, -0.2) is 47.3 Å². The molecular formula is C21H28ClN3O4S. The van der Waals surface area contributed by atoms with Gasteiger partial charge in [0.25, 0.3) is 0 Å². The van der Waals surface area contributed by atoms with Crippen molar-refractivity contribution in [3.05, 3.63) is 53.1 Å². The molecule has 9 heteroatoms. The minimum absolute atomic E-state index is 0.261. The van der Waals surface area contributed by atoms with Crippen LogP contribution in [0.3, 0.4) is 0 Å². The van der Waals surface area contributed by atoms with Crippen LogP contribution in [0.5, 0.6) is 5.75 Å². The van der Waals surface area contributed by atoms with Gasteiger partial charge in [0.15, 0.2) is 0 Å². The van der Waals surface area contributed by atoms with Crippen LogP contribution < -0.4 is 19.3 Å². The van der Waals surface area contributed by atoms with Crippen molar-refractivity contribution < 1.29 is 17.9 Å². The quantitative estimate of drug-likeness (QED) is 0.597. The second-order valence-corrected chi connectivity index (χ2v) is 9.02. The molecule has 0 aliphatic heterocycles. The molecule has 0 heterocycles. The van der Waals surface area contributed by atoms with Gasteiger partial charge in [-0.25, -0.2) is 8.42 Å². The Morgan fingerprint density at radius 3 is 2.17 bits per heavy atom. The average Bonchev–Trinajstić information content (AvgIpc) is 2.71. The number of benzene rings is 2. The Morgan fingerprint density at radius 2 is 1.67 bits per heavy atom. The summed E-state index contributed by atoms with van der Waals surface area (Å²) in [7, 11) is -2.22. The van der Waals surface area contributed by atoms with Gasteiger partial charge in [0.05, 0.1) is 24.1 Å². The maximum Gasteiger partial charge on any atom is 0.241 e. The van der Waals surface area contributed by atoms with E-state index < -0.39 is 15.9 Å². The lowest BCUT2D eigenvalue weighted by Crippen LogP contribution is -2.40. The van der Waals surface area contributed by atoms with Gasteiger partial charge in [0, 0.05) is 25.3 Å². The molecule has 2 aromatic rings. The molecule has 0 spiro atoms. The number of amides is 1. The van der Waals surface area contributed by atoms with Gasteiger partial charge in [0.1, 0.15) is 12.3 Å². The first-order valence-electron chi connectivity index (χ1n) is 9.61. The van der Waals surface area contributed by atoms with Gasteiger partial charge >= 0.3 is 0 Å². The van der Waals surface area contributed by atoms with Crippen molar-refractivity contribution in [1.29, 1.82) is 0 Å². The van der Waals surface area contributed by atoms with E-state index in [0.29, 0.717) is 18.0 Å². The zero-order chi connectivity index (χ0) is 22.3. The number of carbonyl (C=O) groups excluding carboxylic acids is 1. The van der Waals surface area contributed by atoms with Crippen molar-refractivity contribution in [3.8, 4) is 5.75 Å². The summed E-state index contributed by atoms with van der Waals surface area (Å²) in [5, 5.41) is 3.03. The fourth-order valence-electron chi connectivity index (χ4n) is 3.01. The monoisotopic (exact) mass is 453 g/mol. The first-order valence-corrected chi connectivity index (χ1v) is 11.8. The van der Waals surface area contributed by atoms with Crippen LogP contribution in [-0.2, 0) is 21.4 Å². The third-order valence-corrected chi connectivity index (χ3v) is 6.10. The van der Waals surface area contributed by atoms with Crippen molar-refractivity contribution in [2.24, 2.45) is 0 Å². The van der Waals surface area contributed by atoms with Crippen molar-refractivity contribution in [3.63, 3.8) is 0 Å². The van der Waals surface area contributed by atoms with Crippen molar-refractivity contribution in [2.45, 2.75) is 20.4 Å². The van der Waals surface area contributed by atoms with Crippen LogP contribution in [0, 0.1) is 0 Å². The van der Waals surface area contributed by atoms with Gasteiger partial charge in [-0.1, -0.05) is 23.7 Å². The number of nitrogens with zero attached hydrogens (tertiary/aromatic N) is 2. The summed E-state index contributed by atoms with van der Waals surface area (Å²) >= 11 is 6.11. The van der Waals surface area contributed by atoms with E-state index >= 15 is 0 Å². The number of hydrogen-bond acceptors (Lipinski definition) is 5. The molecule has 0 bridgehead atoms. The molecule has 30 heavy (non-hydrogen) atoms. The van der Waals surface area contributed by atoms with Gasteiger partial charge in [0.2, 0.25) is 15.9 Å². The standard InChI is InChI=1S/C21H28ClN3O4S/c1-5-24(6-2)17-9-7-16(8-10-17)14-23-21(26)15-25(30(4,27)28)18-11-12-20(29-3)19(22)13-18/h7-13H,5-6,14-15H2,1-4H3,(H,23,26). The normalized spacial score (nSPS) is 11.1. The molecule has 0 aromatic heterocycles. The van der Waals surface area contributed by atoms with Gasteiger partial charge in [-0.15, -0.1) is 0 Å². The SMILES string of the molecule is CCN(CC)c1ccc(CNC(=O)CN(c2ccc(OC)c(Cl)c2)S(C)(=O)=O)cc1. The zero-order valence-electron chi connectivity index (χ0n) is 17.7. The maximum atomic E-state index is 12.4. The Kier molecular flexibility index (Phi) is 8.37. The lowest BCUT2D eigenvalue weighted by Gasteiger charge is -2.23. The Morgan fingerprint density at radius 1 is 1.07 bits per heavy atom. The largest absolute Gasteiger partial charge is 0.495 e. The summed E-state index contributed by atoms with van der Waals surface area (Å²) in [6.07, 6.45) is 1.05. The highest BCUT2D eigenvalue weighted by atomic mass is 35.5. The highest BCUT2D eigenvalue weighted by Crippen LogP contribution is 2.30. The molecule has 7 nitrogen and oxygen atoms in total. The summed E-state index contributed by atoms with van der Waals surface area (Å²) in [6.45, 7) is 5.99. The van der Waals surface area contributed by atoms with E-state index in [9.17, 15) is 13.2 Å². The number of methoxy groups -OCH3 is 1. The van der Waals surface area contributed by atoms with Crippen LogP contribution in [0.4, 0.5) is 11.4 Å². The molecule has 2 aromatic carbocycles. The summed E-state index contributed by atoms with van der Waals surface area (Å²) in [5.74, 6) is 0.00617. The molecule has 0 saturated heterocycles. The second-order valence-electron chi connectivity index (χ2n) is 6.70. The number of sulfonamides is 1. The maximum absolute atomic E-state index is 12.4. The second kappa shape index (κ2) is 10.5. The molecular weight excluding hydrogens is 426 g/mol. The van der Waals surface area contributed by atoms with E-state index in [2.05, 4.69) is 24.1 Å². The number of ether oxygens (including phenoxy) is 1. The van der Waals surface area contributed by atoms with E-state index in [1.165, 1.54) is 13.2 Å². The number of hydrogen-bond donors (Lipinski definition) is 1. The Bertz CT molecular complexity index is 961. The molecule has 0 radical (unpaired) electrons. The number of halogens is 1. The summed E-state index contributed by atoms with van der Waals surface area (Å²) in [5.41, 5.74) is 2.34.